The van der Waals surface area contributed by atoms with Gasteiger partial charge in [-0.1, -0.05) is 6.92 Å². The number of H-pyrrole nitrogens is 1. The number of nitrogens with one attached hydrogen (secondary N) is 2. The third kappa shape index (κ3) is 6.61. The third-order valence-corrected chi connectivity index (χ3v) is 8.03. The average Bonchev–Trinajstić information content (AvgIpc) is 3.68. The van der Waals surface area contributed by atoms with E-state index in [-0.39, 0.29) is 68.6 Å². The molecule has 2 fully saturated rings. The number of carbonyl (C=O) groups is 2. The van der Waals surface area contributed by atoms with E-state index in [0.29, 0.717) is 0 Å². The number of piperazine rings is 1. The van der Waals surface area contributed by atoms with Crippen LogP contribution in [0, 0.1) is 5.41 Å². The van der Waals surface area contributed by atoms with E-state index in [2.05, 4.69) is 15.4 Å². The van der Waals surface area contributed by atoms with Crippen molar-refractivity contribution in [1.82, 2.24) is 20.1 Å². The van der Waals surface area contributed by atoms with Gasteiger partial charge >= 0.3 is 12.4 Å². The number of carbonyl (C=O) groups excluding carboxylic acids is 2. The molecule has 1 saturated heterocycles. The lowest BCUT2D eigenvalue weighted by atomic mass is 10.0. The number of fused-ring (bicyclic) bond motifs is 3. The molecule has 2 atom stereocenters. The smallest absolute Gasteiger partial charge is 0.379 e. The molecule has 5 rings (SSSR count). The minimum atomic E-state index is -4.90. The van der Waals surface area contributed by atoms with Crippen molar-refractivity contribution in [1.29, 1.82) is 0 Å². The van der Waals surface area contributed by atoms with Crippen LogP contribution in [0.15, 0.2) is 23.3 Å². The Bertz CT molecular complexity index is 1480. The Labute approximate surface area is 247 Å². The molecule has 1 saturated carbocycles. The summed E-state index contributed by atoms with van der Waals surface area (Å²) in [6, 6.07) is -0.520. The fraction of sp³-hybridized carbons (Fsp3) is 0.593. The lowest BCUT2D eigenvalue weighted by Gasteiger charge is -2.47. The van der Waals surface area contributed by atoms with E-state index < -0.39 is 52.7 Å². The van der Waals surface area contributed by atoms with Crippen LogP contribution in [0.2, 0.25) is 0 Å². The second kappa shape index (κ2) is 11.6. The number of hydrogen-bond acceptors (Lipinski definition) is 8. The second-order valence-electron chi connectivity index (χ2n) is 11.7. The van der Waals surface area contributed by atoms with Crippen LogP contribution >= 0.6 is 0 Å². The van der Waals surface area contributed by atoms with Crippen molar-refractivity contribution in [3.05, 3.63) is 39.9 Å². The summed E-state index contributed by atoms with van der Waals surface area (Å²) in [7, 11) is 0. The fourth-order valence-electron chi connectivity index (χ4n) is 5.38. The number of halogens is 6. The maximum absolute atomic E-state index is 13.7. The highest BCUT2D eigenvalue weighted by Gasteiger charge is 2.48. The molecule has 2 aromatic heterocycles. The first kappa shape index (κ1) is 31.5. The van der Waals surface area contributed by atoms with Crippen molar-refractivity contribution in [3.63, 3.8) is 0 Å². The number of anilines is 3. The summed E-state index contributed by atoms with van der Waals surface area (Å²) >= 11 is 0. The van der Waals surface area contributed by atoms with Gasteiger partial charge in [-0.05, 0) is 31.2 Å². The van der Waals surface area contributed by atoms with Crippen molar-refractivity contribution >= 4 is 29.0 Å². The topological polar surface area (TPSA) is 124 Å². The zero-order chi connectivity index (χ0) is 32.0. The molecule has 17 heteroatoms. The maximum Gasteiger partial charge on any atom is 0.423 e. The first-order valence-corrected chi connectivity index (χ1v) is 14.0. The monoisotopic (exact) mass is 631 g/mol. The van der Waals surface area contributed by atoms with Crippen molar-refractivity contribution in [3.8, 4) is 0 Å². The highest BCUT2D eigenvalue weighted by molar-refractivity contribution is 6.05. The zero-order valence-corrected chi connectivity index (χ0v) is 23.9. The zero-order valence-electron chi connectivity index (χ0n) is 23.9. The molecule has 3 aliphatic rings. The highest BCUT2D eigenvalue weighted by Crippen LogP contribution is 2.48. The number of aromatic amines is 1. The number of nitrogens with zero attached hydrogens (tertiary/aromatic N) is 5. The van der Waals surface area contributed by atoms with Crippen LogP contribution in [-0.2, 0) is 26.7 Å². The summed E-state index contributed by atoms with van der Waals surface area (Å²) in [6.45, 7) is 4.02. The molecule has 2 aromatic rings. The van der Waals surface area contributed by atoms with Crippen LogP contribution in [0.4, 0.5) is 43.5 Å². The number of aromatic nitrogens is 3. The van der Waals surface area contributed by atoms with Gasteiger partial charge in [0.05, 0.1) is 49.3 Å². The maximum atomic E-state index is 13.7. The molecule has 2 N–H and O–H groups in total. The predicted octanol–water partition coefficient (Wildman–Crippen LogP) is 3.27. The van der Waals surface area contributed by atoms with Crippen molar-refractivity contribution < 1.29 is 40.7 Å². The van der Waals surface area contributed by atoms with E-state index in [9.17, 15) is 40.7 Å². The SMILES string of the molecule is C[C@@H](COCCC(=O)N1CCN2c3ncc(C(F)(F)F)cc3N(CC3(C)CC3)C(=O)[C@H]2C1)Nc1cn[nH]c(=O)c1C(F)(F)F. The molecule has 0 spiro atoms. The van der Waals surface area contributed by atoms with E-state index in [1.54, 1.807) is 10.00 Å². The number of alkyl halides is 6. The van der Waals surface area contributed by atoms with Gasteiger partial charge in [0.25, 0.3) is 11.5 Å². The average molecular weight is 632 g/mol. The number of ether oxygens (including phenoxy) is 1. The Morgan fingerprint density at radius 2 is 1.89 bits per heavy atom. The molecule has 4 heterocycles. The molecule has 11 nitrogen and oxygen atoms in total. The summed E-state index contributed by atoms with van der Waals surface area (Å²) < 4.78 is 85.7. The lowest BCUT2D eigenvalue weighted by molar-refractivity contribution is -0.138. The van der Waals surface area contributed by atoms with Crippen molar-refractivity contribution in [2.45, 2.75) is 57.5 Å². The summed E-state index contributed by atoms with van der Waals surface area (Å²) in [6.07, 6.45) is -6.30. The van der Waals surface area contributed by atoms with Crippen LogP contribution in [0.5, 0.6) is 0 Å². The van der Waals surface area contributed by atoms with Gasteiger partial charge < -0.3 is 24.8 Å². The Balaban J connectivity index is 1.19. The van der Waals surface area contributed by atoms with Crippen LogP contribution in [0.3, 0.4) is 0 Å². The molecule has 1 aliphatic carbocycles. The fourth-order valence-corrected chi connectivity index (χ4v) is 5.38. The molecule has 240 valence electrons. The summed E-state index contributed by atoms with van der Waals surface area (Å²) in [5.74, 6) is -0.441. The molecular weight excluding hydrogens is 600 g/mol. The molecule has 2 aliphatic heterocycles. The Kier molecular flexibility index (Phi) is 8.28. The number of pyridine rings is 1. The minimum absolute atomic E-state index is 0.0146. The van der Waals surface area contributed by atoms with Crippen molar-refractivity contribution in [2.75, 3.05) is 54.5 Å². The minimum Gasteiger partial charge on any atom is -0.379 e. The molecular formula is C27H31F6N7O4. The van der Waals surface area contributed by atoms with E-state index in [1.165, 1.54) is 16.7 Å². The van der Waals surface area contributed by atoms with Gasteiger partial charge in [0.1, 0.15) is 11.6 Å². The van der Waals surface area contributed by atoms with E-state index in [4.69, 9.17) is 4.74 Å². The Hall–Kier alpha value is -3.89. The quantitative estimate of drug-likeness (QED) is 0.320. The second-order valence-corrected chi connectivity index (χ2v) is 11.7. The van der Waals surface area contributed by atoms with E-state index >= 15 is 0 Å². The van der Waals surface area contributed by atoms with Gasteiger partial charge in [-0.2, -0.15) is 31.4 Å². The predicted molar refractivity (Wildman–Crippen MR) is 145 cm³/mol. The van der Waals surface area contributed by atoms with E-state index in [1.807, 2.05) is 6.92 Å². The van der Waals surface area contributed by atoms with Crippen LogP contribution < -0.4 is 20.7 Å². The van der Waals surface area contributed by atoms with Crippen molar-refractivity contribution in [2.24, 2.45) is 5.41 Å². The Morgan fingerprint density at radius 3 is 2.55 bits per heavy atom. The molecule has 0 aromatic carbocycles. The van der Waals surface area contributed by atoms with Gasteiger partial charge in [0.2, 0.25) is 5.91 Å². The highest BCUT2D eigenvalue weighted by atomic mass is 19.4. The molecule has 0 unspecified atom stereocenters. The number of amides is 2. The molecule has 44 heavy (non-hydrogen) atoms. The normalized spacial score (nSPS) is 20.2. The third-order valence-electron chi connectivity index (χ3n) is 8.03. The van der Waals surface area contributed by atoms with Gasteiger partial charge in [-0.15, -0.1) is 0 Å². The first-order chi connectivity index (χ1) is 20.6. The van der Waals surface area contributed by atoms with Crippen LogP contribution in [0.1, 0.15) is 44.2 Å². The van der Waals surface area contributed by atoms with Gasteiger partial charge in [-0.25, -0.2) is 10.1 Å². The largest absolute Gasteiger partial charge is 0.423 e. The van der Waals surface area contributed by atoms with Crippen LogP contribution in [-0.4, -0.2) is 83.4 Å². The Morgan fingerprint density at radius 1 is 1.16 bits per heavy atom. The lowest BCUT2D eigenvalue weighted by Crippen LogP contribution is -2.64. The summed E-state index contributed by atoms with van der Waals surface area (Å²) in [5.41, 5.74) is -4.32. The molecule has 0 radical (unpaired) electrons. The van der Waals surface area contributed by atoms with Gasteiger partial charge in [0, 0.05) is 31.9 Å². The summed E-state index contributed by atoms with van der Waals surface area (Å²) in [4.78, 5) is 46.9. The first-order valence-electron chi connectivity index (χ1n) is 14.0. The standard InChI is InChI=1S/C27H31F6N7O4/c1-15(36-17-11-35-37-23(42)21(17)27(31,32)33)13-44-8-3-20(41)38-6-7-39-19(12-38)24(43)40(14-25(2)4-5-25)18-9-16(26(28,29)30)10-34-22(18)39/h9-11,15,19H,3-8,12-14H2,1-2H3,(H2,36,37,42)/t15-,19+/m0/s1. The molecule has 2 amide bonds. The van der Waals surface area contributed by atoms with Gasteiger partial charge in [-0.3, -0.25) is 14.4 Å². The van der Waals surface area contributed by atoms with Gasteiger partial charge in [0.15, 0.2) is 5.82 Å². The van der Waals surface area contributed by atoms with Crippen LogP contribution in [0.25, 0.3) is 0 Å². The van der Waals surface area contributed by atoms with E-state index in [0.717, 1.165) is 31.3 Å². The molecule has 0 bridgehead atoms. The number of hydrogen-bond donors (Lipinski definition) is 2. The number of rotatable bonds is 9. The summed E-state index contributed by atoms with van der Waals surface area (Å²) in [5, 5.41) is 7.70.